The van der Waals surface area contributed by atoms with Crippen LogP contribution in [0.15, 0.2) is 6.20 Å². The van der Waals surface area contributed by atoms with Crippen LogP contribution in [-0.4, -0.2) is 51.8 Å². The summed E-state index contributed by atoms with van der Waals surface area (Å²) in [5.74, 6) is -3.82. The number of hydrogen-bond donors (Lipinski definition) is 1. The lowest BCUT2D eigenvalue weighted by atomic mass is 10.2. The van der Waals surface area contributed by atoms with Crippen LogP contribution >= 0.6 is 0 Å². The van der Waals surface area contributed by atoms with Gasteiger partial charge in [0.15, 0.2) is 5.69 Å². The van der Waals surface area contributed by atoms with Gasteiger partial charge in [-0.3, -0.25) is 14.6 Å². The van der Waals surface area contributed by atoms with Crippen LogP contribution < -0.4 is 10.5 Å². The summed E-state index contributed by atoms with van der Waals surface area (Å²) in [6.45, 7) is -0.346. The SMILES string of the molecule is NC(=O)[C@@H]1CC(F)(F)CN1C(=O)c1cnc(C2CC2)c(OCC2CC2)n1. The second kappa shape index (κ2) is 6.14. The van der Waals surface area contributed by atoms with Crippen LogP contribution in [0.5, 0.6) is 5.88 Å². The molecule has 0 unspecified atom stereocenters. The summed E-state index contributed by atoms with van der Waals surface area (Å²) in [4.78, 5) is 33.5. The highest BCUT2D eigenvalue weighted by Gasteiger charge is 2.50. The number of carbonyl (C=O) groups excluding carboxylic acids is 2. The third-order valence-electron chi connectivity index (χ3n) is 4.96. The number of rotatable bonds is 6. The molecule has 1 aromatic heterocycles. The molecule has 7 nitrogen and oxygen atoms in total. The van der Waals surface area contributed by atoms with Crippen molar-refractivity contribution in [2.45, 2.75) is 50.0 Å². The summed E-state index contributed by atoms with van der Waals surface area (Å²) in [7, 11) is 0. The minimum Gasteiger partial charge on any atom is -0.476 e. The van der Waals surface area contributed by atoms with Crippen molar-refractivity contribution in [1.29, 1.82) is 0 Å². The van der Waals surface area contributed by atoms with Crippen molar-refractivity contribution < 1.29 is 23.1 Å². The Balaban J connectivity index is 1.58. The van der Waals surface area contributed by atoms with Gasteiger partial charge in [0.1, 0.15) is 11.7 Å². The topological polar surface area (TPSA) is 98.4 Å². The smallest absolute Gasteiger partial charge is 0.275 e. The van der Waals surface area contributed by atoms with Crippen LogP contribution in [0.3, 0.4) is 0 Å². The summed E-state index contributed by atoms with van der Waals surface area (Å²) in [5, 5.41) is 0. The molecule has 3 fully saturated rings. The number of primary amides is 1. The lowest BCUT2D eigenvalue weighted by molar-refractivity contribution is -0.121. The summed E-state index contributed by atoms with van der Waals surface area (Å²) in [6.07, 6.45) is 4.69. The van der Waals surface area contributed by atoms with E-state index in [0.29, 0.717) is 24.1 Å². The summed E-state index contributed by atoms with van der Waals surface area (Å²) in [5.41, 5.74) is 5.79. The van der Waals surface area contributed by atoms with Crippen molar-refractivity contribution in [3.63, 3.8) is 0 Å². The van der Waals surface area contributed by atoms with Crippen LogP contribution in [0.25, 0.3) is 0 Å². The van der Waals surface area contributed by atoms with E-state index in [4.69, 9.17) is 10.5 Å². The molecule has 0 bridgehead atoms. The molecule has 4 rings (SSSR count). The predicted molar refractivity (Wildman–Crippen MR) is 85.8 cm³/mol. The maximum Gasteiger partial charge on any atom is 0.275 e. The fourth-order valence-electron chi connectivity index (χ4n) is 3.14. The van der Waals surface area contributed by atoms with Gasteiger partial charge >= 0.3 is 0 Å². The van der Waals surface area contributed by atoms with Gasteiger partial charge in [-0.15, -0.1) is 0 Å². The first-order valence-electron chi connectivity index (χ1n) is 8.82. The number of aromatic nitrogens is 2. The molecule has 140 valence electrons. The van der Waals surface area contributed by atoms with Gasteiger partial charge in [-0.1, -0.05) is 0 Å². The molecule has 26 heavy (non-hydrogen) atoms. The average molecular weight is 366 g/mol. The highest BCUT2D eigenvalue weighted by Crippen LogP contribution is 2.43. The summed E-state index contributed by atoms with van der Waals surface area (Å²) >= 11 is 0. The Morgan fingerprint density at radius 2 is 2.04 bits per heavy atom. The lowest BCUT2D eigenvalue weighted by Crippen LogP contribution is -2.44. The molecule has 1 saturated heterocycles. The maximum atomic E-state index is 13.7. The van der Waals surface area contributed by atoms with Gasteiger partial charge in [-0.05, 0) is 31.6 Å². The van der Waals surface area contributed by atoms with E-state index < -0.39 is 36.7 Å². The molecule has 9 heteroatoms. The number of nitrogens with two attached hydrogens (primary N) is 1. The maximum absolute atomic E-state index is 13.7. The fourth-order valence-corrected chi connectivity index (χ4v) is 3.14. The van der Waals surface area contributed by atoms with Crippen molar-refractivity contribution in [1.82, 2.24) is 14.9 Å². The fraction of sp³-hybridized carbons (Fsp3) is 0.647. The molecule has 0 aromatic carbocycles. The molecule has 1 aromatic rings. The molecule has 3 aliphatic rings. The zero-order valence-corrected chi connectivity index (χ0v) is 14.2. The van der Waals surface area contributed by atoms with Crippen LogP contribution in [0, 0.1) is 5.92 Å². The first kappa shape index (κ1) is 17.1. The van der Waals surface area contributed by atoms with Gasteiger partial charge < -0.3 is 15.4 Å². The van der Waals surface area contributed by atoms with E-state index >= 15 is 0 Å². The number of alkyl halides is 2. The Morgan fingerprint density at radius 1 is 1.31 bits per heavy atom. The Hall–Kier alpha value is -2.32. The Labute approximate surface area is 148 Å². The number of likely N-dealkylation sites (tertiary alicyclic amines) is 1. The number of amides is 2. The van der Waals surface area contributed by atoms with Crippen molar-refractivity contribution in [3.05, 3.63) is 17.6 Å². The van der Waals surface area contributed by atoms with Crippen molar-refractivity contribution >= 4 is 11.8 Å². The Bertz CT molecular complexity index is 750. The van der Waals surface area contributed by atoms with Crippen LogP contribution in [0.1, 0.15) is 54.2 Å². The summed E-state index contributed by atoms with van der Waals surface area (Å²) in [6, 6.07) is -1.35. The summed E-state index contributed by atoms with van der Waals surface area (Å²) < 4.78 is 33.1. The quantitative estimate of drug-likeness (QED) is 0.822. The second-order valence-electron chi connectivity index (χ2n) is 7.39. The van der Waals surface area contributed by atoms with E-state index in [1.807, 2.05) is 0 Å². The molecule has 1 aliphatic heterocycles. The van der Waals surface area contributed by atoms with E-state index in [2.05, 4.69) is 9.97 Å². The number of halogens is 2. The number of ether oxygens (including phenoxy) is 1. The number of nitrogens with zero attached hydrogens (tertiary/aromatic N) is 3. The van der Waals surface area contributed by atoms with E-state index in [9.17, 15) is 18.4 Å². The Kier molecular flexibility index (Phi) is 4.04. The van der Waals surface area contributed by atoms with Gasteiger partial charge in [-0.2, -0.15) is 0 Å². The van der Waals surface area contributed by atoms with Crippen LogP contribution in [0.4, 0.5) is 8.78 Å². The third kappa shape index (κ3) is 3.47. The van der Waals surface area contributed by atoms with Gasteiger partial charge in [-0.25, -0.2) is 13.8 Å². The molecular weight excluding hydrogens is 346 g/mol. The van der Waals surface area contributed by atoms with Gasteiger partial charge in [0.2, 0.25) is 11.8 Å². The van der Waals surface area contributed by atoms with Gasteiger partial charge in [0.25, 0.3) is 11.8 Å². The van der Waals surface area contributed by atoms with Crippen LogP contribution in [-0.2, 0) is 4.79 Å². The highest BCUT2D eigenvalue weighted by molar-refractivity contribution is 5.96. The van der Waals surface area contributed by atoms with E-state index in [-0.39, 0.29) is 11.6 Å². The molecule has 2 amide bonds. The second-order valence-corrected chi connectivity index (χ2v) is 7.39. The molecule has 1 atom stereocenters. The normalized spacial score (nSPS) is 24.5. The minimum atomic E-state index is -3.15. The molecule has 2 aliphatic carbocycles. The first-order valence-corrected chi connectivity index (χ1v) is 8.82. The van der Waals surface area contributed by atoms with E-state index in [1.165, 1.54) is 6.20 Å². The van der Waals surface area contributed by atoms with Crippen molar-refractivity contribution in [3.8, 4) is 5.88 Å². The lowest BCUT2D eigenvalue weighted by Gasteiger charge is -2.21. The zero-order chi connectivity index (χ0) is 18.5. The molecule has 2 N–H and O–H groups in total. The largest absolute Gasteiger partial charge is 0.476 e. The average Bonchev–Trinajstić information content (AvgIpc) is 3.49. The number of carbonyl (C=O) groups is 2. The van der Waals surface area contributed by atoms with Crippen LogP contribution in [0.2, 0.25) is 0 Å². The molecule has 0 radical (unpaired) electrons. The number of hydrogen-bond acceptors (Lipinski definition) is 5. The molecular formula is C17H20F2N4O3. The Morgan fingerprint density at radius 3 is 2.65 bits per heavy atom. The van der Waals surface area contributed by atoms with Gasteiger partial charge in [0, 0.05) is 12.3 Å². The van der Waals surface area contributed by atoms with E-state index in [0.717, 1.165) is 30.6 Å². The van der Waals surface area contributed by atoms with E-state index in [1.54, 1.807) is 0 Å². The molecule has 2 saturated carbocycles. The van der Waals surface area contributed by atoms with Crippen molar-refractivity contribution in [2.75, 3.05) is 13.2 Å². The third-order valence-corrected chi connectivity index (χ3v) is 4.96. The standard InChI is InChI=1S/C17H20F2N4O3/c18-17(19)5-12(14(20)24)23(8-17)16(25)11-6-21-13(10-3-4-10)15(22-11)26-7-9-1-2-9/h6,9-10,12H,1-5,7-8H2,(H2,20,24)/t12-/m0/s1. The minimum absolute atomic E-state index is 0.107. The predicted octanol–water partition coefficient (Wildman–Crippen LogP) is 1.48. The zero-order valence-electron chi connectivity index (χ0n) is 14.2. The highest BCUT2D eigenvalue weighted by atomic mass is 19.3. The monoisotopic (exact) mass is 366 g/mol. The first-order chi connectivity index (χ1) is 12.3. The molecule has 2 heterocycles. The molecule has 0 spiro atoms. The van der Waals surface area contributed by atoms with Crippen molar-refractivity contribution in [2.24, 2.45) is 11.7 Å². The van der Waals surface area contributed by atoms with Gasteiger partial charge in [0.05, 0.1) is 19.3 Å².